The standard InChI is InChI=1S/C23H25ClFN5O5S3/c1-14-19(22-20(10-16(25)13-26-22)29-4-6-30(7-5-29)38(3,34)35)12-21(36-14)23(31)27-17-8-15(24)9-18(11-17)28-37(2,32)33/h8-13,28H,4-7H2,1-3H3,(H,27,31). The number of sulfonamides is 2. The summed E-state index contributed by atoms with van der Waals surface area (Å²) in [7, 11) is -6.86. The van der Waals surface area contributed by atoms with Gasteiger partial charge in [0.15, 0.2) is 0 Å². The van der Waals surface area contributed by atoms with Crippen LogP contribution in [0.25, 0.3) is 11.3 Å². The fourth-order valence-corrected chi connectivity index (χ4v) is 6.62. The SMILES string of the molecule is Cc1sc(C(=O)Nc2cc(Cl)cc(NS(C)(=O)=O)c2)cc1-c1ncc(F)cc1N1CCN(S(C)(=O)=O)CC1. The molecule has 1 aliphatic rings. The zero-order valence-electron chi connectivity index (χ0n) is 20.7. The number of anilines is 3. The number of carbonyl (C=O) groups is 1. The number of halogens is 2. The zero-order valence-corrected chi connectivity index (χ0v) is 23.9. The molecule has 1 saturated heterocycles. The third kappa shape index (κ3) is 6.80. The monoisotopic (exact) mass is 601 g/mol. The van der Waals surface area contributed by atoms with Crippen molar-refractivity contribution in [2.24, 2.45) is 0 Å². The summed E-state index contributed by atoms with van der Waals surface area (Å²) in [5.74, 6) is -0.970. The van der Waals surface area contributed by atoms with Crippen LogP contribution in [0.3, 0.4) is 0 Å². The summed E-state index contributed by atoms with van der Waals surface area (Å²) in [5.41, 5.74) is 2.14. The molecule has 4 rings (SSSR count). The second kappa shape index (κ2) is 10.8. The number of amides is 1. The molecule has 1 aliphatic heterocycles. The molecule has 0 aliphatic carbocycles. The van der Waals surface area contributed by atoms with Crippen molar-refractivity contribution in [3.8, 4) is 11.3 Å². The van der Waals surface area contributed by atoms with Gasteiger partial charge in [-0.05, 0) is 31.2 Å². The van der Waals surface area contributed by atoms with Gasteiger partial charge in [-0.2, -0.15) is 4.31 Å². The minimum atomic E-state index is -3.54. The van der Waals surface area contributed by atoms with Crippen LogP contribution in [-0.4, -0.2) is 70.7 Å². The molecule has 0 saturated carbocycles. The van der Waals surface area contributed by atoms with Gasteiger partial charge in [-0.15, -0.1) is 11.3 Å². The molecule has 3 heterocycles. The van der Waals surface area contributed by atoms with Crippen LogP contribution in [0.4, 0.5) is 21.5 Å². The van der Waals surface area contributed by atoms with E-state index in [4.69, 9.17) is 11.6 Å². The van der Waals surface area contributed by atoms with E-state index in [2.05, 4.69) is 15.0 Å². The molecule has 1 aromatic carbocycles. The summed E-state index contributed by atoms with van der Waals surface area (Å²) in [4.78, 5) is 20.4. The fourth-order valence-electron chi connectivity index (χ4n) is 4.09. The topological polar surface area (TPSA) is 129 Å². The highest BCUT2D eigenvalue weighted by atomic mass is 35.5. The first-order chi connectivity index (χ1) is 17.7. The van der Waals surface area contributed by atoms with Gasteiger partial charge in [0.25, 0.3) is 5.91 Å². The number of benzene rings is 1. The molecule has 15 heteroatoms. The van der Waals surface area contributed by atoms with Gasteiger partial charge < -0.3 is 10.2 Å². The lowest BCUT2D eigenvalue weighted by Crippen LogP contribution is -2.48. The number of nitrogens with zero attached hydrogens (tertiary/aromatic N) is 3. The van der Waals surface area contributed by atoms with Gasteiger partial charge in [0.05, 0.1) is 40.7 Å². The smallest absolute Gasteiger partial charge is 0.265 e. The Kier molecular flexibility index (Phi) is 8.00. The molecule has 38 heavy (non-hydrogen) atoms. The number of aryl methyl sites for hydroxylation is 1. The predicted molar refractivity (Wildman–Crippen MR) is 149 cm³/mol. The van der Waals surface area contributed by atoms with Crippen molar-refractivity contribution >= 4 is 66.0 Å². The Morgan fingerprint density at radius 1 is 1.03 bits per heavy atom. The lowest BCUT2D eigenvalue weighted by Gasteiger charge is -2.35. The normalized spacial score (nSPS) is 14.9. The summed E-state index contributed by atoms with van der Waals surface area (Å²) < 4.78 is 64.8. The molecule has 0 spiro atoms. The van der Waals surface area contributed by atoms with Crippen molar-refractivity contribution in [3.05, 3.63) is 57.1 Å². The second-order valence-electron chi connectivity index (χ2n) is 8.81. The van der Waals surface area contributed by atoms with E-state index in [1.54, 1.807) is 6.07 Å². The highest BCUT2D eigenvalue weighted by molar-refractivity contribution is 7.92. The Hall–Kier alpha value is -2.78. The van der Waals surface area contributed by atoms with Crippen LogP contribution in [0.2, 0.25) is 5.02 Å². The number of thiophene rings is 1. The zero-order chi connectivity index (χ0) is 27.8. The maximum absolute atomic E-state index is 14.2. The van der Waals surface area contributed by atoms with Crippen molar-refractivity contribution in [2.45, 2.75) is 6.92 Å². The average Bonchev–Trinajstić information content (AvgIpc) is 3.18. The molecular weight excluding hydrogens is 577 g/mol. The van der Waals surface area contributed by atoms with Crippen molar-refractivity contribution in [2.75, 3.05) is 53.6 Å². The van der Waals surface area contributed by atoms with Crippen molar-refractivity contribution in [1.82, 2.24) is 9.29 Å². The number of aromatic nitrogens is 1. The number of hydrogen-bond acceptors (Lipinski definition) is 8. The van der Waals surface area contributed by atoms with Gasteiger partial charge in [-0.1, -0.05) is 11.6 Å². The summed E-state index contributed by atoms with van der Waals surface area (Å²) in [6, 6.07) is 7.37. The maximum atomic E-state index is 14.2. The fraction of sp³-hybridized carbons (Fsp3) is 0.304. The lowest BCUT2D eigenvalue weighted by atomic mass is 10.1. The van der Waals surface area contributed by atoms with Gasteiger partial charge in [0.1, 0.15) is 5.82 Å². The Morgan fingerprint density at radius 3 is 2.32 bits per heavy atom. The number of pyridine rings is 1. The van der Waals surface area contributed by atoms with E-state index in [0.29, 0.717) is 40.6 Å². The molecule has 1 fully saturated rings. The molecule has 2 N–H and O–H groups in total. The molecule has 1 amide bonds. The van der Waals surface area contributed by atoms with E-state index in [0.717, 1.165) is 23.6 Å². The molecular formula is C23H25ClFN5O5S3. The largest absolute Gasteiger partial charge is 0.367 e. The Labute approximate surface area is 229 Å². The molecule has 3 aromatic rings. The number of carbonyl (C=O) groups excluding carboxylic acids is 1. The summed E-state index contributed by atoms with van der Waals surface area (Å²) in [5, 5.41) is 2.95. The van der Waals surface area contributed by atoms with Crippen LogP contribution in [0, 0.1) is 12.7 Å². The van der Waals surface area contributed by atoms with Crippen LogP contribution >= 0.6 is 22.9 Å². The highest BCUT2D eigenvalue weighted by Gasteiger charge is 2.27. The number of hydrogen-bond donors (Lipinski definition) is 2. The molecule has 0 radical (unpaired) electrons. The average molecular weight is 602 g/mol. The van der Waals surface area contributed by atoms with E-state index < -0.39 is 31.8 Å². The van der Waals surface area contributed by atoms with Gasteiger partial charge >= 0.3 is 0 Å². The first-order valence-electron chi connectivity index (χ1n) is 11.3. The minimum absolute atomic E-state index is 0.203. The highest BCUT2D eigenvalue weighted by Crippen LogP contribution is 2.37. The van der Waals surface area contributed by atoms with Gasteiger partial charge in [-0.25, -0.2) is 21.2 Å². The first kappa shape index (κ1) is 28.2. The van der Waals surface area contributed by atoms with Crippen LogP contribution in [-0.2, 0) is 20.0 Å². The molecule has 204 valence electrons. The Balaban J connectivity index is 1.59. The lowest BCUT2D eigenvalue weighted by molar-refractivity contribution is 0.103. The molecule has 0 bridgehead atoms. The van der Waals surface area contributed by atoms with E-state index >= 15 is 0 Å². The van der Waals surface area contributed by atoms with Crippen molar-refractivity contribution < 1.29 is 26.0 Å². The summed E-state index contributed by atoms with van der Waals surface area (Å²) >= 11 is 7.31. The van der Waals surface area contributed by atoms with Gasteiger partial charge in [0, 0.05) is 53.4 Å². The quantitative estimate of drug-likeness (QED) is 0.423. The number of rotatable bonds is 7. The second-order valence-corrected chi connectivity index (χ2v) is 14.2. The molecule has 0 unspecified atom stereocenters. The van der Waals surface area contributed by atoms with E-state index in [1.165, 1.54) is 39.9 Å². The van der Waals surface area contributed by atoms with E-state index in [1.807, 2.05) is 11.8 Å². The summed E-state index contributed by atoms with van der Waals surface area (Å²) in [6.07, 6.45) is 3.27. The Bertz CT molecular complexity index is 1600. The van der Waals surface area contributed by atoms with Crippen LogP contribution < -0.4 is 14.9 Å². The third-order valence-electron chi connectivity index (χ3n) is 5.74. The maximum Gasteiger partial charge on any atom is 0.265 e. The predicted octanol–water partition coefficient (Wildman–Crippen LogP) is 3.62. The molecule has 10 nitrogen and oxygen atoms in total. The Morgan fingerprint density at radius 2 is 1.68 bits per heavy atom. The summed E-state index contributed by atoms with van der Waals surface area (Å²) in [6.45, 7) is 3.07. The first-order valence-corrected chi connectivity index (χ1v) is 16.2. The van der Waals surface area contributed by atoms with E-state index in [9.17, 15) is 26.0 Å². The van der Waals surface area contributed by atoms with Gasteiger partial charge in [0.2, 0.25) is 20.0 Å². The number of piperazine rings is 1. The van der Waals surface area contributed by atoms with E-state index in [-0.39, 0.29) is 23.8 Å². The molecule has 2 aromatic heterocycles. The van der Waals surface area contributed by atoms with Crippen molar-refractivity contribution in [1.29, 1.82) is 0 Å². The van der Waals surface area contributed by atoms with Crippen molar-refractivity contribution in [3.63, 3.8) is 0 Å². The van der Waals surface area contributed by atoms with Crippen LogP contribution in [0.5, 0.6) is 0 Å². The minimum Gasteiger partial charge on any atom is -0.367 e. The number of nitrogens with one attached hydrogen (secondary N) is 2. The third-order valence-corrected chi connectivity index (χ3v) is 8.92. The molecule has 0 atom stereocenters. The van der Waals surface area contributed by atoms with Crippen LogP contribution in [0.15, 0.2) is 36.5 Å². The van der Waals surface area contributed by atoms with Crippen LogP contribution in [0.1, 0.15) is 14.5 Å². The van der Waals surface area contributed by atoms with Gasteiger partial charge in [-0.3, -0.25) is 14.5 Å².